The number of nitrogens with zero attached hydrogens (tertiary/aromatic N) is 1. The van der Waals surface area contributed by atoms with Gasteiger partial charge in [-0.25, -0.2) is 4.79 Å². The van der Waals surface area contributed by atoms with Crippen molar-refractivity contribution in [1.29, 1.82) is 0 Å². The number of imide groups is 1. The first kappa shape index (κ1) is 19.4. The molecule has 1 aromatic carbocycles. The number of benzene rings is 1. The molecule has 138 valence electrons. The third-order valence-electron chi connectivity index (χ3n) is 4.49. The number of ether oxygens (including phenoxy) is 1. The van der Waals surface area contributed by atoms with Crippen molar-refractivity contribution in [2.45, 2.75) is 32.2 Å². The average molecular weight is 347 g/mol. The highest BCUT2D eigenvalue weighted by molar-refractivity contribution is 5.95. The van der Waals surface area contributed by atoms with Crippen molar-refractivity contribution in [3.05, 3.63) is 35.9 Å². The molecule has 2 rings (SSSR count). The van der Waals surface area contributed by atoms with Crippen molar-refractivity contribution in [3.63, 3.8) is 0 Å². The maximum absolute atomic E-state index is 12.0. The fourth-order valence-corrected chi connectivity index (χ4v) is 3.22. The number of piperidine rings is 1. The van der Waals surface area contributed by atoms with E-state index in [1.165, 1.54) is 5.56 Å². The first-order chi connectivity index (χ1) is 12.1. The molecule has 1 heterocycles. The number of likely N-dealkylation sites (tertiary alicyclic amines) is 1. The molecule has 1 aliphatic heterocycles. The van der Waals surface area contributed by atoms with Gasteiger partial charge >= 0.3 is 6.03 Å². The zero-order valence-electron chi connectivity index (χ0n) is 15.2. The Bertz CT molecular complexity index is 542. The SMILES string of the molecule is COCC(C)NC(=O)NC(=O)CN1CCC(Cc2ccccc2)CC1. The summed E-state index contributed by atoms with van der Waals surface area (Å²) >= 11 is 0. The molecule has 25 heavy (non-hydrogen) atoms. The first-order valence-electron chi connectivity index (χ1n) is 8.92. The van der Waals surface area contributed by atoms with Crippen molar-refractivity contribution >= 4 is 11.9 Å². The van der Waals surface area contributed by atoms with Gasteiger partial charge in [0, 0.05) is 7.11 Å². The van der Waals surface area contributed by atoms with E-state index in [1.807, 2.05) is 13.0 Å². The summed E-state index contributed by atoms with van der Waals surface area (Å²) in [6.07, 6.45) is 3.26. The molecule has 0 bridgehead atoms. The summed E-state index contributed by atoms with van der Waals surface area (Å²) in [5.74, 6) is 0.406. The van der Waals surface area contributed by atoms with Crippen molar-refractivity contribution in [3.8, 4) is 0 Å². The number of hydrogen-bond acceptors (Lipinski definition) is 4. The van der Waals surface area contributed by atoms with E-state index in [0.29, 0.717) is 12.5 Å². The average Bonchev–Trinajstić information content (AvgIpc) is 2.57. The highest BCUT2D eigenvalue weighted by atomic mass is 16.5. The van der Waals surface area contributed by atoms with Crippen LogP contribution in [0.4, 0.5) is 4.79 Å². The molecule has 0 radical (unpaired) electrons. The van der Waals surface area contributed by atoms with Crippen LogP contribution in [-0.2, 0) is 16.0 Å². The molecule has 1 unspecified atom stereocenters. The Morgan fingerprint density at radius 3 is 2.56 bits per heavy atom. The molecule has 6 heteroatoms. The lowest BCUT2D eigenvalue weighted by Gasteiger charge is -2.31. The Kier molecular flexibility index (Phi) is 7.88. The minimum absolute atomic E-state index is 0.133. The standard InChI is InChI=1S/C19H29N3O3/c1-15(14-25-2)20-19(24)21-18(23)13-22-10-8-17(9-11-22)12-16-6-4-3-5-7-16/h3-7,15,17H,8-14H2,1-2H3,(H2,20,21,23,24). The Morgan fingerprint density at radius 2 is 1.92 bits per heavy atom. The lowest BCUT2D eigenvalue weighted by Crippen LogP contribution is -2.48. The van der Waals surface area contributed by atoms with E-state index in [4.69, 9.17) is 4.74 Å². The topological polar surface area (TPSA) is 70.7 Å². The van der Waals surface area contributed by atoms with Crippen LogP contribution < -0.4 is 10.6 Å². The van der Waals surface area contributed by atoms with Crippen LogP contribution in [-0.4, -0.2) is 56.2 Å². The molecular weight excluding hydrogens is 318 g/mol. The number of nitrogens with one attached hydrogen (secondary N) is 2. The lowest BCUT2D eigenvalue weighted by atomic mass is 9.90. The van der Waals surface area contributed by atoms with Crippen molar-refractivity contribution in [2.24, 2.45) is 5.92 Å². The summed E-state index contributed by atoms with van der Waals surface area (Å²) in [5, 5.41) is 5.05. The molecule has 3 amide bonds. The van der Waals surface area contributed by atoms with Gasteiger partial charge in [0.2, 0.25) is 5.91 Å². The van der Waals surface area contributed by atoms with E-state index in [9.17, 15) is 9.59 Å². The second-order valence-corrected chi connectivity index (χ2v) is 6.79. The minimum atomic E-state index is -0.464. The van der Waals surface area contributed by atoms with E-state index in [2.05, 4.69) is 39.8 Å². The summed E-state index contributed by atoms with van der Waals surface area (Å²) in [5.41, 5.74) is 1.38. The van der Waals surface area contributed by atoms with Gasteiger partial charge < -0.3 is 10.1 Å². The predicted molar refractivity (Wildman–Crippen MR) is 97.3 cm³/mol. The van der Waals surface area contributed by atoms with E-state index in [1.54, 1.807) is 7.11 Å². The summed E-state index contributed by atoms with van der Waals surface area (Å²) in [6, 6.07) is 9.93. The van der Waals surface area contributed by atoms with Crippen LogP contribution in [0.15, 0.2) is 30.3 Å². The molecule has 0 spiro atoms. The Morgan fingerprint density at radius 1 is 1.24 bits per heavy atom. The molecule has 1 aliphatic rings. The highest BCUT2D eigenvalue weighted by Gasteiger charge is 2.21. The Hall–Kier alpha value is -1.92. The van der Waals surface area contributed by atoms with Gasteiger partial charge in [-0.05, 0) is 50.8 Å². The zero-order chi connectivity index (χ0) is 18.1. The van der Waals surface area contributed by atoms with E-state index < -0.39 is 6.03 Å². The van der Waals surface area contributed by atoms with Gasteiger partial charge in [-0.1, -0.05) is 30.3 Å². The third kappa shape index (κ3) is 7.23. The summed E-state index contributed by atoms with van der Waals surface area (Å²) in [4.78, 5) is 25.8. The van der Waals surface area contributed by atoms with E-state index >= 15 is 0 Å². The Labute approximate surface area is 149 Å². The Balaban J connectivity index is 1.65. The molecule has 1 saturated heterocycles. The second kappa shape index (κ2) is 10.2. The van der Waals surface area contributed by atoms with Crippen molar-refractivity contribution in [1.82, 2.24) is 15.5 Å². The normalized spacial score (nSPS) is 17.0. The van der Waals surface area contributed by atoms with Crippen molar-refractivity contribution in [2.75, 3.05) is 33.4 Å². The van der Waals surface area contributed by atoms with Crippen LogP contribution in [0.25, 0.3) is 0 Å². The fourth-order valence-electron chi connectivity index (χ4n) is 3.22. The molecule has 1 aromatic rings. The van der Waals surface area contributed by atoms with E-state index in [0.717, 1.165) is 32.4 Å². The quantitative estimate of drug-likeness (QED) is 0.789. The van der Waals surface area contributed by atoms with Crippen LogP contribution in [0.1, 0.15) is 25.3 Å². The van der Waals surface area contributed by atoms with Crippen LogP contribution in [0.2, 0.25) is 0 Å². The molecule has 6 nitrogen and oxygen atoms in total. The number of hydrogen-bond donors (Lipinski definition) is 2. The number of carbonyl (C=O) groups is 2. The smallest absolute Gasteiger partial charge is 0.321 e. The largest absolute Gasteiger partial charge is 0.383 e. The number of rotatable bonds is 7. The highest BCUT2D eigenvalue weighted by Crippen LogP contribution is 2.21. The summed E-state index contributed by atoms with van der Waals surface area (Å²) < 4.78 is 4.95. The molecule has 0 aliphatic carbocycles. The number of urea groups is 1. The fraction of sp³-hybridized carbons (Fsp3) is 0.579. The van der Waals surface area contributed by atoms with Crippen LogP contribution in [0.5, 0.6) is 0 Å². The van der Waals surface area contributed by atoms with Gasteiger partial charge in [-0.3, -0.25) is 15.0 Å². The minimum Gasteiger partial charge on any atom is -0.383 e. The van der Waals surface area contributed by atoms with Gasteiger partial charge in [0.1, 0.15) is 0 Å². The second-order valence-electron chi connectivity index (χ2n) is 6.79. The van der Waals surface area contributed by atoms with Crippen molar-refractivity contribution < 1.29 is 14.3 Å². The van der Waals surface area contributed by atoms with E-state index in [-0.39, 0.29) is 18.5 Å². The molecule has 1 fully saturated rings. The van der Waals surface area contributed by atoms with Crippen LogP contribution in [0, 0.1) is 5.92 Å². The summed E-state index contributed by atoms with van der Waals surface area (Å²) in [7, 11) is 1.57. The third-order valence-corrected chi connectivity index (χ3v) is 4.49. The van der Waals surface area contributed by atoms with Gasteiger partial charge in [0.05, 0.1) is 19.2 Å². The predicted octanol–water partition coefficient (Wildman–Crippen LogP) is 1.80. The maximum Gasteiger partial charge on any atom is 0.321 e. The van der Waals surface area contributed by atoms with Gasteiger partial charge in [0.15, 0.2) is 0 Å². The number of methoxy groups -OCH3 is 1. The molecule has 1 atom stereocenters. The van der Waals surface area contributed by atoms with Gasteiger partial charge in [0.25, 0.3) is 0 Å². The molecule has 0 saturated carbocycles. The maximum atomic E-state index is 12.0. The van der Waals surface area contributed by atoms with Gasteiger partial charge in [-0.2, -0.15) is 0 Å². The molecular formula is C19H29N3O3. The van der Waals surface area contributed by atoms with Gasteiger partial charge in [-0.15, -0.1) is 0 Å². The molecule has 2 N–H and O–H groups in total. The molecule has 0 aromatic heterocycles. The number of carbonyl (C=O) groups excluding carboxylic acids is 2. The zero-order valence-corrected chi connectivity index (χ0v) is 15.2. The first-order valence-corrected chi connectivity index (χ1v) is 8.92. The number of amides is 3. The summed E-state index contributed by atoms with van der Waals surface area (Å²) in [6.45, 7) is 4.30. The van der Waals surface area contributed by atoms with Crippen LogP contribution in [0.3, 0.4) is 0 Å². The van der Waals surface area contributed by atoms with Crippen LogP contribution >= 0.6 is 0 Å². The lowest BCUT2D eigenvalue weighted by molar-refractivity contribution is -0.121. The monoisotopic (exact) mass is 347 g/mol.